The number of aryl methyl sites for hydroxylation is 1. The van der Waals surface area contributed by atoms with Crippen LogP contribution in [0.2, 0.25) is 10.0 Å². The molecule has 4 rings (SSSR count). The van der Waals surface area contributed by atoms with Crippen molar-refractivity contribution in [3.63, 3.8) is 0 Å². The predicted octanol–water partition coefficient (Wildman–Crippen LogP) is 6.50. The van der Waals surface area contributed by atoms with Gasteiger partial charge in [-0.05, 0) is 53.9 Å². The average molecular weight is 415 g/mol. The summed E-state index contributed by atoms with van der Waals surface area (Å²) in [7, 11) is 0. The fourth-order valence-electron chi connectivity index (χ4n) is 2.93. The minimum atomic E-state index is -0.247. The fourth-order valence-corrected chi connectivity index (χ4v) is 3.25. The van der Waals surface area contributed by atoms with Gasteiger partial charge in [0.05, 0.1) is 21.7 Å². The summed E-state index contributed by atoms with van der Waals surface area (Å²) in [6.07, 6.45) is 2.33. The molecule has 142 valence electrons. The van der Waals surface area contributed by atoms with Crippen molar-refractivity contribution in [2.45, 2.75) is 20.0 Å². The number of hydrogen-bond acceptors (Lipinski definition) is 4. The van der Waals surface area contributed by atoms with E-state index in [0.29, 0.717) is 26.8 Å². The predicted molar refractivity (Wildman–Crippen MR) is 110 cm³/mol. The molecule has 0 saturated carbocycles. The molecule has 4 aromatic rings. The molecule has 2 heterocycles. The van der Waals surface area contributed by atoms with Gasteiger partial charge in [-0.1, -0.05) is 42.3 Å². The van der Waals surface area contributed by atoms with E-state index in [2.05, 4.69) is 0 Å². The quantitative estimate of drug-likeness (QED) is 0.373. The summed E-state index contributed by atoms with van der Waals surface area (Å²) in [5, 5.41) is 1.35. The molecule has 0 aliphatic heterocycles. The van der Waals surface area contributed by atoms with Gasteiger partial charge in [0.25, 0.3) is 0 Å². The molecule has 0 unspecified atom stereocenters. The SMILES string of the molecule is CCc1ccc2oc(-c3ccco3)c(OCc3ccc(Cl)c(Cl)c3)c(=O)c2c1. The third-order valence-electron chi connectivity index (χ3n) is 4.43. The summed E-state index contributed by atoms with van der Waals surface area (Å²) >= 11 is 12.0. The lowest BCUT2D eigenvalue weighted by molar-refractivity contribution is 0.296. The number of furan rings is 1. The molecule has 2 aromatic carbocycles. The highest BCUT2D eigenvalue weighted by Gasteiger charge is 2.20. The van der Waals surface area contributed by atoms with Crippen LogP contribution in [-0.2, 0) is 13.0 Å². The Labute approximate surface area is 171 Å². The van der Waals surface area contributed by atoms with Crippen molar-refractivity contribution in [3.8, 4) is 17.3 Å². The maximum absolute atomic E-state index is 13.2. The first-order valence-corrected chi connectivity index (χ1v) is 9.52. The molecule has 0 bridgehead atoms. The minimum Gasteiger partial charge on any atom is -0.481 e. The second kappa shape index (κ2) is 7.74. The smallest absolute Gasteiger partial charge is 0.235 e. The van der Waals surface area contributed by atoms with E-state index < -0.39 is 0 Å². The van der Waals surface area contributed by atoms with Crippen LogP contribution in [0, 0.1) is 0 Å². The van der Waals surface area contributed by atoms with Crippen molar-refractivity contribution in [1.29, 1.82) is 0 Å². The van der Waals surface area contributed by atoms with Crippen molar-refractivity contribution in [3.05, 3.63) is 86.2 Å². The normalized spacial score (nSPS) is 11.1. The maximum Gasteiger partial charge on any atom is 0.235 e. The lowest BCUT2D eigenvalue weighted by Gasteiger charge is -2.11. The van der Waals surface area contributed by atoms with Crippen molar-refractivity contribution in [2.75, 3.05) is 0 Å². The molecular formula is C22H16Cl2O4. The van der Waals surface area contributed by atoms with Crippen LogP contribution in [0.3, 0.4) is 0 Å². The molecule has 28 heavy (non-hydrogen) atoms. The summed E-state index contributed by atoms with van der Waals surface area (Å²) in [5.41, 5.74) is 2.06. The van der Waals surface area contributed by atoms with E-state index in [1.54, 1.807) is 36.4 Å². The molecule has 0 aliphatic rings. The van der Waals surface area contributed by atoms with Crippen LogP contribution in [0.1, 0.15) is 18.1 Å². The third kappa shape index (κ3) is 3.53. The summed E-state index contributed by atoms with van der Waals surface area (Å²) in [5.74, 6) is 0.774. The highest BCUT2D eigenvalue weighted by Crippen LogP contribution is 2.32. The highest BCUT2D eigenvalue weighted by atomic mass is 35.5. The minimum absolute atomic E-state index is 0.0989. The first-order chi connectivity index (χ1) is 13.6. The molecule has 0 N–H and O–H groups in total. The zero-order valence-electron chi connectivity index (χ0n) is 15.0. The number of ether oxygens (including phenoxy) is 1. The largest absolute Gasteiger partial charge is 0.481 e. The zero-order chi connectivity index (χ0) is 19.7. The van der Waals surface area contributed by atoms with Crippen molar-refractivity contribution in [2.24, 2.45) is 0 Å². The Bertz CT molecular complexity index is 1190. The molecular weight excluding hydrogens is 399 g/mol. The van der Waals surface area contributed by atoms with Crippen LogP contribution < -0.4 is 10.2 Å². The van der Waals surface area contributed by atoms with Crippen LogP contribution in [0.4, 0.5) is 0 Å². The van der Waals surface area contributed by atoms with Gasteiger partial charge in [-0.3, -0.25) is 4.79 Å². The standard InChI is InChI=1S/C22H16Cl2O4/c1-2-13-6-8-18-15(10-13)20(25)22(21(28-18)19-4-3-9-26-19)27-12-14-5-7-16(23)17(24)11-14/h3-11H,2,12H2,1H3. The van der Waals surface area contributed by atoms with E-state index in [0.717, 1.165) is 17.5 Å². The van der Waals surface area contributed by atoms with Gasteiger partial charge in [-0.15, -0.1) is 0 Å². The summed E-state index contributed by atoms with van der Waals surface area (Å²) in [4.78, 5) is 13.2. The Morgan fingerprint density at radius 3 is 2.54 bits per heavy atom. The van der Waals surface area contributed by atoms with E-state index in [9.17, 15) is 4.79 Å². The molecule has 0 atom stereocenters. The van der Waals surface area contributed by atoms with E-state index in [-0.39, 0.29) is 23.5 Å². The molecule has 0 radical (unpaired) electrons. The lowest BCUT2D eigenvalue weighted by Crippen LogP contribution is -2.10. The zero-order valence-corrected chi connectivity index (χ0v) is 16.5. The van der Waals surface area contributed by atoms with E-state index in [1.807, 2.05) is 19.1 Å². The molecule has 6 heteroatoms. The van der Waals surface area contributed by atoms with Gasteiger partial charge in [0.2, 0.25) is 16.9 Å². The Kier molecular flexibility index (Phi) is 5.16. The van der Waals surface area contributed by atoms with E-state index in [4.69, 9.17) is 36.8 Å². The lowest BCUT2D eigenvalue weighted by atomic mass is 10.1. The summed E-state index contributed by atoms with van der Waals surface area (Å²) in [6, 6.07) is 14.2. The van der Waals surface area contributed by atoms with Crippen molar-refractivity contribution >= 4 is 34.2 Å². The van der Waals surface area contributed by atoms with Crippen LogP contribution in [-0.4, -0.2) is 0 Å². The molecule has 0 fully saturated rings. The highest BCUT2D eigenvalue weighted by molar-refractivity contribution is 6.42. The Balaban J connectivity index is 1.81. The summed E-state index contributed by atoms with van der Waals surface area (Å²) in [6.45, 7) is 2.16. The monoisotopic (exact) mass is 414 g/mol. The third-order valence-corrected chi connectivity index (χ3v) is 5.17. The average Bonchev–Trinajstić information content (AvgIpc) is 3.24. The molecule has 0 aliphatic carbocycles. The topological polar surface area (TPSA) is 52.6 Å². The van der Waals surface area contributed by atoms with Crippen LogP contribution in [0.25, 0.3) is 22.5 Å². The van der Waals surface area contributed by atoms with Crippen molar-refractivity contribution in [1.82, 2.24) is 0 Å². The van der Waals surface area contributed by atoms with Gasteiger partial charge < -0.3 is 13.6 Å². The first kappa shape index (κ1) is 18.7. The molecule has 0 amide bonds. The van der Waals surface area contributed by atoms with Crippen LogP contribution in [0.5, 0.6) is 5.75 Å². The van der Waals surface area contributed by atoms with E-state index >= 15 is 0 Å². The molecule has 0 saturated heterocycles. The second-order valence-corrected chi connectivity index (χ2v) is 7.10. The Morgan fingerprint density at radius 1 is 1.00 bits per heavy atom. The maximum atomic E-state index is 13.2. The van der Waals surface area contributed by atoms with Crippen LogP contribution >= 0.6 is 23.2 Å². The number of benzene rings is 2. The van der Waals surface area contributed by atoms with Gasteiger partial charge >= 0.3 is 0 Å². The van der Waals surface area contributed by atoms with Gasteiger partial charge in [0.1, 0.15) is 12.2 Å². The number of rotatable bonds is 5. The molecule has 0 spiro atoms. The Morgan fingerprint density at radius 2 is 1.82 bits per heavy atom. The number of fused-ring (bicyclic) bond motifs is 1. The van der Waals surface area contributed by atoms with Gasteiger partial charge in [0.15, 0.2) is 5.76 Å². The second-order valence-electron chi connectivity index (χ2n) is 6.29. The first-order valence-electron chi connectivity index (χ1n) is 8.77. The van der Waals surface area contributed by atoms with Crippen LogP contribution in [0.15, 0.2) is 68.4 Å². The number of halogens is 2. The van der Waals surface area contributed by atoms with Gasteiger partial charge in [0, 0.05) is 0 Å². The number of hydrogen-bond donors (Lipinski definition) is 0. The van der Waals surface area contributed by atoms with Gasteiger partial charge in [-0.2, -0.15) is 0 Å². The summed E-state index contributed by atoms with van der Waals surface area (Å²) < 4.78 is 17.3. The van der Waals surface area contributed by atoms with E-state index in [1.165, 1.54) is 6.26 Å². The van der Waals surface area contributed by atoms with Crippen molar-refractivity contribution < 1.29 is 13.6 Å². The Hall–Kier alpha value is -2.69. The molecule has 4 nitrogen and oxygen atoms in total. The van der Waals surface area contributed by atoms with Gasteiger partial charge in [-0.25, -0.2) is 0 Å². The molecule has 2 aromatic heterocycles. The fraction of sp³-hybridized carbons (Fsp3) is 0.136.